The number of benzene rings is 3. The molecule has 5 amide bonds. The van der Waals surface area contributed by atoms with E-state index < -0.39 is 53.6 Å². The fourth-order valence-corrected chi connectivity index (χ4v) is 7.32. The quantitative estimate of drug-likeness (QED) is 0.0496. The minimum atomic E-state index is -1.26. The second-order valence-electron chi connectivity index (χ2n) is 15.8. The van der Waals surface area contributed by atoms with Crippen LogP contribution in [0, 0.1) is 18.3 Å². The van der Waals surface area contributed by atoms with Crippen molar-refractivity contribution in [2.45, 2.75) is 77.4 Å². The largest absolute Gasteiger partial charge is 0.492 e. The maximum atomic E-state index is 14.4. The first-order valence-electron chi connectivity index (χ1n) is 22.0. The summed E-state index contributed by atoms with van der Waals surface area (Å²) in [6.07, 6.45) is 3.08. The summed E-state index contributed by atoms with van der Waals surface area (Å²) in [4.78, 5) is 77.9. The molecule has 1 aromatic heterocycles. The number of fused-ring (bicyclic) bond motifs is 5. The van der Waals surface area contributed by atoms with Crippen LogP contribution in [0.4, 0.5) is 5.69 Å². The van der Waals surface area contributed by atoms with Crippen molar-refractivity contribution in [1.29, 1.82) is 5.26 Å². The Morgan fingerprint density at radius 3 is 2.34 bits per heavy atom. The van der Waals surface area contributed by atoms with E-state index in [1.54, 1.807) is 62.4 Å². The van der Waals surface area contributed by atoms with Crippen LogP contribution in [0.15, 0.2) is 54.7 Å². The zero-order chi connectivity index (χ0) is 48.6. The summed E-state index contributed by atoms with van der Waals surface area (Å²) in [5.41, 5.74) is 20.7. The van der Waals surface area contributed by atoms with Crippen LogP contribution < -0.4 is 58.0 Å². The van der Waals surface area contributed by atoms with Gasteiger partial charge in [-0.15, -0.1) is 0 Å². The Hall–Kier alpha value is -6.85. The molecule has 20 heteroatoms. The third kappa shape index (κ3) is 13.4. The maximum absolute atomic E-state index is 14.4. The highest BCUT2D eigenvalue weighted by Gasteiger charge is 2.30. The van der Waals surface area contributed by atoms with Crippen LogP contribution in [0.3, 0.4) is 0 Å². The van der Waals surface area contributed by atoms with Gasteiger partial charge in [0.15, 0.2) is 11.6 Å². The number of aromatic nitrogens is 2. The highest BCUT2D eigenvalue weighted by atomic mass is 35.5. The van der Waals surface area contributed by atoms with Crippen molar-refractivity contribution >= 4 is 46.8 Å². The van der Waals surface area contributed by atoms with Crippen LogP contribution in [0.5, 0.6) is 17.2 Å². The van der Waals surface area contributed by atoms with Crippen LogP contribution in [-0.4, -0.2) is 104 Å². The molecule has 11 N–H and O–H groups in total. The van der Waals surface area contributed by atoms with Gasteiger partial charge in [-0.25, -0.2) is 9.97 Å². The average Bonchev–Trinajstić information content (AvgIpc) is 3.31. The first-order chi connectivity index (χ1) is 32.2. The molecule has 356 valence electrons. The molecule has 19 nitrogen and oxygen atoms in total. The minimum absolute atomic E-state index is 0.00548. The Morgan fingerprint density at radius 1 is 0.925 bits per heavy atom. The first kappa shape index (κ1) is 51.1. The Kier molecular flexibility index (Phi) is 18.8. The van der Waals surface area contributed by atoms with Gasteiger partial charge in [-0.3, -0.25) is 24.0 Å². The number of unbranched alkanes of at least 4 members (excludes halogenated alkanes) is 1. The molecule has 1 unspecified atom stereocenters. The van der Waals surface area contributed by atoms with E-state index in [0.717, 1.165) is 12.8 Å². The average molecular weight is 941 g/mol. The van der Waals surface area contributed by atoms with Gasteiger partial charge in [0.05, 0.1) is 40.6 Å². The topological polar surface area (TPSA) is 301 Å². The smallest absolute Gasteiger partial charge is 0.255 e. The number of nitrogens with zero attached hydrogens (tertiary/aromatic N) is 3. The van der Waals surface area contributed by atoms with Gasteiger partial charge >= 0.3 is 0 Å². The lowest BCUT2D eigenvalue weighted by atomic mass is 9.91. The van der Waals surface area contributed by atoms with Gasteiger partial charge in [-0.05, 0) is 93.7 Å². The number of carbonyl (C=O) groups is 5. The third-order valence-corrected chi connectivity index (χ3v) is 11.0. The number of nitrogens with two attached hydrogens (primary N) is 3. The van der Waals surface area contributed by atoms with E-state index in [0.29, 0.717) is 62.5 Å². The Labute approximate surface area is 394 Å². The van der Waals surface area contributed by atoms with Crippen molar-refractivity contribution in [2.24, 2.45) is 17.2 Å². The predicted octanol–water partition coefficient (Wildman–Crippen LogP) is 3.00. The number of nitriles is 1. The normalized spacial score (nSPS) is 16.3. The molecule has 1 aliphatic heterocycles. The number of anilines is 1. The van der Waals surface area contributed by atoms with Crippen molar-refractivity contribution in [2.75, 3.05) is 51.3 Å². The van der Waals surface area contributed by atoms with E-state index in [4.69, 9.17) is 43.0 Å². The maximum Gasteiger partial charge on any atom is 0.255 e. The van der Waals surface area contributed by atoms with Crippen LogP contribution in [0.1, 0.15) is 73.1 Å². The fourth-order valence-electron chi connectivity index (χ4n) is 7.09. The molecule has 67 heavy (non-hydrogen) atoms. The van der Waals surface area contributed by atoms with E-state index in [-0.39, 0.29) is 69.2 Å². The molecule has 3 aromatic carbocycles. The van der Waals surface area contributed by atoms with Crippen molar-refractivity contribution in [1.82, 2.24) is 31.2 Å². The van der Waals surface area contributed by atoms with Gasteiger partial charge in [-0.2, -0.15) is 5.26 Å². The molecule has 0 aliphatic carbocycles. The summed E-state index contributed by atoms with van der Waals surface area (Å²) in [5.74, 6) is -2.53. The lowest BCUT2D eigenvalue weighted by molar-refractivity contribution is -0.132. The third-order valence-electron chi connectivity index (χ3n) is 10.7. The second-order valence-corrected chi connectivity index (χ2v) is 16.2. The van der Waals surface area contributed by atoms with Crippen LogP contribution in [0.2, 0.25) is 5.02 Å². The number of aryl methyl sites for hydroxylation is 1. The fraction of sp³-hybridized carbons (Fsp3) is 0.404. The number of halogens is 1. The van der Waals surface area contributed by atoms with Crippen molar-refractivity contribution < 1.29 is 38.2 Å². The van der Waals surface area contributed by atoms with Gasteiger partial charge in [0.1, 0.15) is 49.4 Å². The summed E-state index contributed by atoms with van der Waals surface area (Å²) >= 11 is 6.50. The molecule has 4 atom stereocenters. The number of ether oxygens (including phenoxy) is 3. The molecule has 4 bridgehead atoms. The van der Waals surface area contributed by atoms with E-state index in [9.17, 15) is 29.2 Å². The summed E-state index contributed by atoms with van der Waals surface area (Å²) in [6, 6.07) is 12.0. The van der Waals surface area contributed by atoms with E-state index in [1.165, 1.54) is 13.1 Å². The van der Waals surface area contributed by atoms with Crippen molar-refractivity contribution in [3.8, 4) is 45.8 Å². The zero-order valence-corrected chi connectivity index (χ0v) is 38.8. The number of rotatable bonds is 19. The Balaban J connectivity index is 1.57. The summed E-state index contributed by atoms with van der Waals surface area (Å²) in [6.45, 7) is 7.42. The Bertz CT molecular complexity index is 2480. The number of hydrogen-bond acceptors (Lipinski definition) is 14. The number of hydrogen-bond donors (Lipinski definition) is 8. The first-order valence-corrected chi connectivity index (χ1v) is 22.4. The van der Waals surface area contributed by atoms with Crippen molar-refractivity contribution in [3.05, 3.63) is 82.1 Å². The molecule has 1 aliphatic rings. The lowest BCUT2D eigenvalue weighted by Gasteiger charge is -2.26. The Morgan fingerprint density at radius 2 is 1.66 bits per heavy atom. The van der Waals surface area contributed by atoms with Gasteiger partial charge in [0.2, 0.25) is 23.6 Å². The van der Waals surface area contributed by atoms with Crippen molar-refractivity contribution in [3.63, 3.8) is 0 Å². The van der Waals surface area contributed by atoms with Crippen LogP contribution in [0.25, 0.3) is 22.5 Å². The van der Waals surface area contributed by atoms with Crippen LogP contribution >= 0.6 is 11.6 Å². The van der Waals surface area contributed by atoms with E-state index >= 15 is 0 Å². The zero-order valence-electron chi connectivity index (χ0n) is 38.0. The molecular weight excluding hydrogens is 882 g/mol. The molecule has 0 fully saturated rings. The molecule has 4 aromatic rings. The standard InChI is InChI=1S/C47H58ClN11O8/c1-5-6-17-65-40-10-8-31(24-35(40)48)42-54-25-34(27(3)55-42)45(62)57-36(11-12-49)47(64)58-37-21-29-20-33(41(37)67-19-15-52)32-23-30(7-9-39(32)66-18-14-51)26(2)43(60)56-28(4)44(61)59-38(22-29)46(63)53-16-13-50/h7-10,20-21,23-26,28,36,38H,5-6,11-12,14-19,22,49,51-52H2,1-4H3,(H,53,63)(H,56,60)(H,57,62)(H,58,64)(H,59,61)/t26-,28-,36?,38-/m0/s1. The molecule has 0 saturated carbocycles. The van der Waals surface area contributed by atoms with Gasteiger partial charge in [0.25, 0.3) is 5.91 Å². The molecule has 5 rings (SSSR count). The van der Waals surface area contributed by atoms with Gasteiger partial charge in [0, 0.05) is 42.4 Å². The number of amides is 5. The highest BCUT2D eigenvalue weighted by Crippen LogP contribution is 2.44. The highest BCUT2D eigenvalue weighted by molar-refractivity contribution is 6.32. The minimum Gasteiger partial charge on any atom is -0.492 e. The van der Waals surface area contributed by atoms with Crippen LogP contribution in [-0.2, 0) is 25.6 Å². The number of nitrogens with one attached hydrogen (secondary N) is 5. The summed E-state index contributed by atoms with van der Waals surface area (Å²) in [5, 5.41) is 23.2. The van der Waals surface area contributed by atoms with E-state index in [1.807, 2.05) is 6.07 Å². The van der Waals surface area contributed by atoms with Gasteiger partial charge < -0.3 is 58.0 Å². The second kappa shape index (κ2) is 24.6. The molecular formula is C47H58ClN11O8. The molecule has 2 heterocycles. The summed E-state index contributed by atoms with van der Waals surface area (Å²) in [7, 11) is 0. The lowest BCUT2D eigenvalue weighted by Crippen LogP contribution is -2.54. The summed E-state index contributed by atoms with van der Waals surface area (Å²) < 4.78 is 18.2. The number of carbonyl (C=O) groups excluding carboxylic acids is 5. The van der Waals surface area contributed by atoms with Gasteiger partial charge in [-0.1, -0.05) is 31.0 Å². The van der Waals surface area contributed by atoms with E-state index in [2.05, 4.69) is 43.5 Å². The molecule has 0 saturated heterocycles. The predicted molar refractivity (Wildman–Crippen MR) is 252 cm³/mol. The monoisotopic (exact) mass is 939 g/mol. The molecule has 0 radical (unpaired) electrons. The molecule has 0 spiro atoms. The SMILES string of the molecule is CCCCOc1ccc(-c2ncc(C(=O)NC(CCN)C(=O)Nc3cc4cc(c3OCCN)-c3cc(ccc3OCCN)[C@H](C)C(=O)N[C@@H](C)C(=O)N[C@H](C(=O)NCC#N)C4)c(C)n2)cc1Cl.